The maximum Gasteiger partial charge on any atom is 0.249 e. The lowest BCUT2D eigenvalue weighted by Crippen LogP contribution is -2.53. The molecule has 4 unspecified atom stereocenters. The van der Waals surface area contributed by atoms with Gasteiger partial charge in [-0.05, 0) is 12.8 Å². The quantitative estimate of drug-likeness (QED) is 0.0450. The summed E-state index contributed by atoms with van der Waals surface area (Å²) in [6, 6.07) is -0.977. The van der Waals surface area contributed by atoms with E-state index in [9.17, 15) is 25.2 Å². The van der Waals surface area contributed by atoms with Gasteiger partial charge in [0.25, 0.3) is 0 Å². The lowest BCUT2D eigenvalue weighted by atomic mass is 9.99. The van der Waals surface area contributed by atoms with Crippen LogP contribution in [0.5, 0.6) is 0 Å². The van der Waals surface area contributed by atoms with Gasteiger partial charge in [-0.15, -0.1) is 0 Å². The fraction of sp³-hybridized carbons (Fsp3) is 0.974. The van der Waals surface area contributed by atoms with Crippen molar-refractivity contribution in [3.05, 3.63) is 0 Å². The van der Waals surface area contributed by atoms with Gasteiger partial charge in [-0.25, -0.2) is 0 Å². The van der Waals surface area contributed by atoms with Crippen LogP contribution in [0.4, 0.5) is 0 Å². The third-order valence-electron chi connectivity index (χ3n) is 9.32. The maximum atomic E-state index is 12.4. The van der Waals surface area contributed by atoms with E-state index in [1.807, 2.05) is 0 Å². The van der Waals surface area contributed by atoms with Crippen LogP contribution in [-0.4, -0.2) is 57.3 Å². The molecule has 1 amide bonds. The van der Waals surface area contributed by atoms with Crippen LogP contribution >= 0.6 is 0 Å². The van der Waals surface area contributed by atoms with Crippen molar-refractivity contribution in [1.82, 2.24) is 5.32 Å². The highest BCUT2D eigenvalue weighted by Gasteiger charge is 2.28. The summed E-state index contributed by atoms with van der Waals surface area (Å²) >= 11 is 0. The summed E-state index contributed by atoms with van der Waals surface area (Å²) in [7, 11) is 0. The molecular formula is C38H77NO5. The number of aliphatic hydroxyl groups excluding tert-OH is 4. The molecule has 0 radical (unpaired) electrons. The summed E-state index contributed by atoms with van der Waals surface area (Å²) in [5.41, 5.74) is 0. The molecule has 0 aromatic carbocycles. The molecule has 0 heterocycles. The molecule has 0 rings (SSSR count). The second-order valence-electron chi connectivity index (χ2n) is 13.6. The summed E-state index contributed by atoms with van der Waals surface area (Å²) in [4.78, 5) is 12.4. The van der Waals surface area contributed by atoms with Gasteiger partial charge in [0.05, 0.1) is 18.8 Å². The molecule has 0 aromatic rings. The van der Waals surface area contributed by atoms with Gasteiger partial charge in [0, 0.05) is 0 Å². The van der Waals surface area contributed by atoms with Gasteiger partial charge < -0.3 is 25.7 Å². The number of hydrogen-bond acceptors (Lipinski definition) is 5. The number of unbranched alkanes of at least 4 members (excludes halogenated alkanes) is 26. The number of carbonyl (C=O) groups is 1. The highest BCUT2D eigenvalue weighted by Crippen LogP contribution is 2.16. The van der Waals surface area contributed by atoms with Gasteiger partial charge in [-0.3, -0.25) is 4.79 Å². The lowest BCUT2D eigenvalue weighted by Gasteiger charge is -2.27. The number of nitrogens with one attached hydrogen (secondary N) is 1. The second-order valence-corrected chi connectivity index (χ2v) is 13.6. The molecule has 0 fully saturated rings. The minimum absolute atomic E-state index is 0.375. The first kappa shape index (κ1) is 43.3. The highest BCUT2D eigenvalue weighted by atomic mass is 16.3. The molecule has 0 bridgehead atoms. The van der Waals surface area contributed by atoms with Gasteiger partial charge in [0.2, 0.25) is 5.91 Å². The molecule has 4 atom stereocenters. The molecule has 6 nitrogen and oxygen atoms in total. The van der Waals surface area contributed by atoms with Crippen molar-refractivity contribution in [2.24, 2.45) is 0 Å². The number of aliphatic hydroxyl groups is 4. The molecule has 0 saturated carbocycles. The van der Waals surface area contributed by atoms with Crippen molar-refractivity contribution in [3.8, 4) is 0 Å². The Morgan fingerprint density at radius 2 is 0.773 bits per heavy atom. The van der Waals surface area contributed by atoms with Crippen LogP contribution in [0.3, 0.4) is 0 Å². The zero-order valence-corrected chi connectivity index (χ0v) is 29.4. The van der Waals surface area contributed by atoms with Crippen molar-refractivity contribution in [1.29, 1.82) is 0 Å². The van der Waals surface area contributed by atoms with Gasteiger partial charge >= 0.3 is 0 Å². The lowest BCUT2D eigenvalue weighted by molar-refractivity contribution is -0.132. The van der Waals surface area contributed by atoms with Crippen molar-refractivity contribution in [2.45, 2.75) is 231 Å². The van der Waals surface area contributed by atoms with Gasteiger partial charge in [0.1, 0.15) is 12.2 Å². The van der Waals surface area contributed by atoms with Crippen LogP contribution < -0.4 is 5.32 Å². The Balaban J connectivity index is 3.76. The van der Waals surface area contributed by atoms with E-state index < -0.39 is 36.9 Å². The van der Waals surface area contributed by atoms with E-state index in [2.05, 4.69) is 19.2 Å². The predicted octanol–water partition coefficient (Wildman–Crippen LogP) is 9.29. The first-order chi connectivity index (χ1) is 21.5. The second kappa shape index (κ2) is 33.7. The molecule has 0 aliphatic carbocycles. The van der Waals surface area contributed by atoms with Crippen LogP contribution in [0, 0.1) is 0 Å². The Kier molecular flexibility index (Phi) is 33.1. The zero-order chi connectivity index (χ0) is 32.5. The van der Waals surface area contributed by atoms with E-state index in [1.165, 1.54) is 141 Å². The van der Waals surface area contributed by atoms with E-state index >= 15 is 0 Å². The van der Waals surface area contributed by atoms with Crippen LogP contribution in [0.25, 0.3) is 0 Å². The number of hydrogen-bond donors (Lipinski definition) is 5. The zero-order valence-electron chi connectivity index (χ0n) is 29.4. The Hall–Kier alpha value is -0.690. The van der Waals surface area contributed by atoms with Crippen LogP contribution in [0.1, 0.15) is 206 Å². The molecule has 5 N–H and O–H groups in total. The number of carbonyl (C=O) groups excluding carboxylic acids is 1. The predicted molar refractivity (Wildman–Crippen MR) is 187 cm³/mol. The third-order valence-corrected chi connectivity index (χ3v) is 9.32. The maximum absolute atomic E-state index is 12.4. The SMILES string of the molecule is CCCCCCCCCCCCCCCCCCC(O)C(=O)NC(CO)C(O)C(O)CCCCCCCCCCCCCC. The molecule has 44 heavy (non-hydrogen) atoms. The van der Waals surface area contributed by atoms with E-state index in [1.54, 1.807) is 0 Å². The molecular weight excluding hydrogens is 550 g/mol. The highest BCUT2D eigenvalue weighted by molar-refractivity contribution is 5.80. The molecule has 0 aliphatic rings. The van der Waals surface area contributed by atoms with Crippen molar-refractivity contribution < 1.29 is 25.2 Å². The Morgan fingerprint density at radius 3 is 1.09 bits per heavy atom. The van der Waals surface area contributed by atoms with Crippen molar-refractivity contribution >= 4 is 5.91 Å². The van der Waals surface area contributed by atoms with Crippen LogP contribution in [-0.2, 0) is 4.79 Å². The minimum atomic E-state index is -1.25. The normalized spacial score (nSPS) is 14.4. The molecule has 6 heteroatoms. The largest absolute Gasteiger partial charge is 0.394 e. The summed E-state index contributed by atoms with van der Waals surface area (Å²) in [5.74, 6) is -0.582. The fourth-order valence-corrected chi connectivity index (χ4v) is 6.17. The van der Waals surface area contributed by atoms with E-state index in [0.717, 1.165) is 38.5 Å². The van der Waals surface area contributed by atoms with Gasteiger partial charge in [-0.2, -0.15) is 0 Å². The monoisotopic (exact) mass is 628 g/mol. The first-order valence-electron chi connectivity index (χ1n) is 19.4. The average molecular weight is 628 g/mol. The van der Waals surface area contributed by atoms with E-state index in [4.69, 9.17) is 0 Å². The molecule has 0 saturated heterocycles. The first-order valence-corrected chi connectivity index (χ1v) is 19.4. The molecule has 0 spiro atoms. The Morgan fingerprint density at radius 1 is 0.477 bits per heavy atom. The third kappa shape index (κ3) is 27.6. The molecule has 0 aliphatic heterocycles. The van der Waals surface area contributed by atoms with Gasteiger partial charge in [0.15, 0.2) is 0 Å². The summed E-state index contributed by atoms with van der Waals surface area (Å²) in [5, 5.41) is 43.5. The fourth-order valence-electron chi connectivity index (χ4n) is 6.17. The smallest absolute Gasteiger partial charge is 0.249 e. The van der Waals surface area contributed by atoms with E-state index in [-0.39, 0.29) is 0 Å². The number of amides is 1. The summed E-state index contributed by atoms with van der Waals surface area (Å²) < 4.78 is 0. The topological polar surface area (TPSA) is 110 Å². The number of rotatable bonds is 35. The van der Waals surface area contributed by atoms with Crippen molar-refractivity contribution in [3.63, 3.8) is 0 Å². The van der Waals surface area contributed by atoms with Gasteiger partial charge in [-0.1, -0.05) is 194 Å². The summed E-state index contributed by atoms with van der Waals surface area (Å²) in [6.45, 7) is 4.04. The Bertz CT molecular complexity index is 590. The molecule has 0 aromatic heterocycles. The van der Waals surface area contributed by atoms with Crippen LogP contribution in [0.2, 0.25) is 0 Å². The summed E-state index contributed by atoms with van der Waals surface area (Å²) in [6.07, 6.45) is 32.6. The standard InChI is InChI=1S/C38H77NO5/c1-3-5-7-9-11-13-15-17-18-19-20-22-24-26-28-30-32-36(42)38(44)39-34(33-40)37(43)35(41)31-29-27-25-23-21-16-14-12-10-8-6-4-2/h34-37,40-43H,3-33H2,1-2H3,(H,39,44). The van der Waals surface area contributed by atoms with Crippen molar-refractivity contribution in [2.75, 3.05) is 6.61 Å². The molecule has 264 valence electrons. The Labute approximate surface area is 273 Å². The minimum Gasteiger partial charge on any atom is -0.394 e. The average Bonchev–Trinajstić information content (AvgIpc) is 3.03. The van der Waals surface area contributed by atoms with E-state index in [0.29, 0.717) is 12.8 Å². The van der Waals surface area contributed by atoms with Crippen LogP contribution in [0.15, 0.2) is 0 Å².